The molecule has 82 valence electrons. The van der Waals surface area contributed by atoms with Gasteiger partial charge in [0.05, 0.1) is 0 Å². The molecule has 0 heterocycles. The molecule has 0 unspecified atom stereocenters. The molecule has 4 heteroatoms. The molecule has 0 bridgehead atoms. The number of hydrogen-bond donors (Lipinski definition) is 0. The molecule has 15 heavy (non-hydrogen) atoms. The van der Waals surface area contributed by atoms with Crippen LogP contribution in [0.3, 0.4) is 0 Å². The van der Waals surface area contributed by atoms with Gasteiger partial charge in [-0.2, -0.15) is 0 Å². The van der Waals surface area contributed by atoms with Crippen LogP contribution < -0.4 is 4.74 Å². The monoisotopic (exact) mass is 271 g/mol. The molecule has 0 aromatic heterocycles. The van der Waals surface area contributed by atoms with Crippen molar-refractivity contribution in [2.75, 3.05) is 18.9 Å². The van der Waals surface area contributed by atoms with Crippen molar-refractivity contribution in [2.24, 2.45) is 0 Å². The van der Waals surface area contributed by atoms with E-state index < -0.39 is 0 Å². The molecule has 0 aliphatic heterocycles. The fraction of sp³-hybridized carbons (Fsp3) is 0.364. The highest BCUT2D eigenvalue weighted by Gasteiger charge is 2.09. The lowest BCUT2D eigenvalue weighted by Gasteiger charge is -2.15. The van der Waals surface area contributed by atoms with Gasteiger partial charge in [-0.15, -0.1) is 0 Å². The van der Waals surface area contributed by atoms with Crippen LogP contribution in [0.1, 0.15) is 6.42 Å². The second-order valence-corrected chi connectivity index (χ2v) is 3.94. The van der Waals surface area contributed by atoms with E-state index in [2.05, 4.69) is 15.9 Å². The van der Waals surface area contributed by atoms with Crippen molar-refractivity contribution >= 4 is 22.0 Å². The van der Waals surface area contributed by atoms with E-state index >= 15 is 0 Å². The zero-order chi connectivity index (χ0) is 11.1. The quantitative estimate of drug-likeness (QED) is 0.789. The summed E-state index contributed by atoms with van der Waals surface area (Å²) in [4.78, 5) is 13.1. The van der Waals surface area contributed by atoms with Crippen molar-refractivity contribution in [1.82, 2.24) is 4.90 Å². The summed E-state index contributed by atoms with van der Waals surface area (Å²) in [7, 11) is 1.73. The van der Waals surface area contributed by atoms with E-state index in [1.807, 2.05) is 18.2 Å². The number of amides is 1. The summed E-state index contributed by atoms with van der Waals surface area (Å²) in [5.41, 5.74) is 0. The number of carbonyl (C=O) groups is 1. The van der Waals surface area contributed by atoms with Crippen LogP contribution in [0.4, 0.5) is 4.79 Å². The lowest BCUT2D eigenvalue weighted by molar-refractivity contribution is 0.163. The highest BCUT2D eigenvalue weighted by Crippen LogP contribution is 2.09. The molecule has 0 aliphatic carbocycles. The van der Waals surface area contributed by atoms with Gasteiger partial charge in [-0.1, -0.05) is 34.1 Å². The van der Waals surface area contributed by atoms with Crippen molar-refractivity contribution in [3.05, 3.63) is 30.3 Å². The van der Waals surface area contributed by atoms with Crippen LogP contribution in [-0.4, -0.2) is 29.9 Å². The zero-order valence-corrected chi connectivity index (χ0v) is 10.2. The zero-order valence-electron chi connectivity index (χ0n) is 8.65. The van der Waals surface area contributed by atoms with Crippen LogP contribution in [0.2, 0.25) is 0 Å². The normalized spacial score (nSPS) is 9.73. The molecule has 0 N–H and O–H groups in total. The number of benzene rings is 1. The van der Waals surface area contributed by atoms with Crippen molar-refractivity contribution < 1.29 is 9.53 Å². The molecule has 1 amide bonds. The molecule has 1 aromatic carbocycles. The molecule has 0 atom stereocenters. The largest absolute Gasteiger partial charge is 0.414 e. The highest BCUT2D eigenvalue weighted by molar-refractivity contribution is 9.09. The summed E-state index contributed by atoms with van der Waals surface area (Å²) in [5, 5.41) is 0.885. The maximum atomic E-state index is 11.5. The standard InChI is InChI=1S/C11H14BrNO2/c1-13(9-5-8-12)11(14)15-10-6-3-2-4-7-10/h2-4,6-7H,5,8-9H2,1H3. The van der Waals surface area contributed by atoms with Gasteiger partial charge in [-0.05, 0) is 18.6 Å². The Bertz CT molecular complexity index is 303. The van der Waals surface area contributed by atoms with E-state index in [1.165, 1.54) is 0 Å². The first kappa shape index (κ1) is 12.0. The van der Waals surface area contributed by atoms with Crippen molar-refractivity contribution in [3.63, 3.8) is 0 Å². The fourth-order valence-corrected chi connectivity index (χ4v) is 1.31. The topological polar surface area (TPSA) is 29.5 Å². The third-order valence-corrected chi connectivity index (χ3v) is 2.45. The van der Waals surface area contributed by atoms with Crippen molar-refractivity contribution in [1.29, 1.82) is 0 Å². The van der Waals surface area contributed by atoms with Crippen LogP contribution >= 0.6 is 15.9 Å². The number of ether oxygens (including phenoxy) is 1. The van der Waals surface area contributed by atoms with Gasteiger partial charge in [0.2, 0.25) is 0 Å². The van der Waals surface area contributed by atoms with E-state index in [-0.39, 0.29) is 6.09 Å². The Morgan fingerprint density at radius 2 is 2.07 bits per heavy atom. The predicted molar refractivity (Wildman–Crippen MR) is 63.5 cm³/mol. The van der Waals surface area contributed by atoms with Gasteiger partial charge in [-0.25, -0.2) is 4.79 Å². The Morgan fingerprint density at radius 1 is 1.40 bits per heavy atom. The van der Waals surface area contributed by atoms with Gasteiger partial charge in [0.15, 0.2) is 0 Å². The summed E-state index contributed by atoms with van der Waals surface area (Å²) in [6.07, 6.45) is 0.600. The molecule has 0 saturated carbocycles. The molecule has 0 spiro atoms. The first-order valence-electron chi connectivity index (χ1n) is 4.78. The minimum Gasteiger partial charge on any atom is -0.410 e. The molecular formula is C11H14BrNO2. The summed E-state index contributed by atoms with van der Waals surface area (Å²) in [5.74, 6) is 0.577. The summed E-state index contributed by atoms with van der Waals surface area (Å²) in [6.45, 7) is 0.691. The second-order valence-electron chi connectivity index (χ2n) is 3.15. The van der Waals surface area contributed by atoms with Crippen LogP contribution in [0.5, 0.6) is 5.75 Å². The van der Waals surface area contributed by atoms with Crippen molar-refractivity contribution in [2.45, 2.75) is 6.42 Å². The highest BCUT2D eigenvalue weighted by atomic mass is 79.9. The van der Waals surface area contributed by atoms with Crippen LogP contribution in [0, 0.1) is 0 Å². The number of alkyl halides is 1. The van der Waals surface area contributed by atoms with E-state index in [0.29, 0.717) is 12.3 Å². The number of hydrogen-bond acceptors (Lipinski definition) is 2. The van der Waals surface area contributed by atoms with E-state index in [4.69, 9.17) is 4.74 Å². The van der Waals surface area contributed by atoms with E-state index in [1.54, 1.807) is 24.1 Å². The summed E-state index contributed by atoms with van der Waals surface area (Å²) >= 11 is 3.32. The van der Waals surface area contributed by atoms with Gasteiger partial charge in [0.1, 0.15) is 5.75 Å². The Balaban J connectivity index is 2.42. The number of halogens is 1. The maximum absolute atomic E-state index is 11.5. The van der Waals surface area contributed by atoms with Gasteiger partial charge >= 0.3 is 6.09 Å². The first-order valence-corrected chi connectivity index (χ1v) is 5.90. The number of nitrogens with zero attached hydrogens (tertiary/aromatic N) is 1. The minimum absolute atomic E-state index is 0.317. The van der Waals surface area contributed by atoms with E-state index in [9.17, 15) is 4.79 Å². The van der Waals surface area contributed by atoms with Crippen LogP contribution in [0.15, 0.2) is 30.3 Å². The van der Waals surface area contributed by atoms with Gasteiger partial charge in [-0.3, -0.25) is 0 Å². The SMILES string of the molecule is CN(CCCBr)C(=O)Oc1ccccc1. The minimum atomic E-state index is -0.317. The first-order chi connectivity index (χ1) is 7.24. The third-order valence-electron chi connectivity index (χ3n) is 1.89. The Hall–Kier alpha value is -1.03. The molecule has 1 rings (SSSR count). The molecular weight excluding hydrogens is 258 g/mol. The lowest BCUT2D eigenvalue weighted by Crippen LogP contribution is -2.30. The molecule has 0 fully saturated rings. The Kier molecular flexibility index (Phi) is 5.18. The van der Waals surface area contributed by atoms with E-state index in [0.717, 1.165) is 11.8 Å². The van der Waals surface area contributed by atoms with Crippen molar-refractivity contribution in [3.8, 4) is 5.75 Å². The van der Waals surface area contributed by atoms with Gasteiger partial charge in [0.25, 0.3) is 0 Å². The second kappa shape index (κ2) is 6.45. The predicted octanol–water partition coefficient (Wildman–Crippen LogP) is 2.90. The number of para-hydroxylation sites is 1. The average Bonchev–Trinajstić information content (AvgIpc) is 2.27. The average molecular weight is 272 g/mol. The number of carbonyl (C=O) groups excluding carboxylic acids is 1. The fourth-order valence-electron chi connectivity index (χ4n) is 1.06. The molecule has 0 saturated heterocycles. The Labute approximate surface area is 98.2 Å². The number of rotatable bonds is 4. The Morgan fingerprint density at radius 3 is 2.67 bits per heavy atom. The maximum Gasteiger partial charge on any atom is 0.414 e. The van der Waals surface area contributed by atoms with Gasteiger partial charge < -0.3 is 9.64 Å². The summed E-state index contributed by atoms with van der Waals surface area (Å²) < 4.78 is 5.14. The smallest absolute Gasteiger partial charge is 0.410 e. The third kappa shape index (κ3) is 4.34. The molecule has 1 aromatic rings. The molecule has 0 radical (unpaired) electrons. The van der Waals surface area contributed by atoms with Crippen LogP contribution in [0.25, 0.3) is 0 Å². The molecule has 0 aliphatic rings. The summed E-state index contributed by atoms with van der Waals surface area (Å²) in [6, 6.07) is 9.07. The lowest BCUT2D eigenvalue weighted by atomic mass is 10.3. The molecule has 3 nitrogen and oxygen atoms in total. The van der Waals surface area contributed by atoms with Gasteiger partial charge in [0, 0.05) is 18.9 Å². The van der Waals surface area contributed by atoms with Crippen LogP contribution in [-0.2, 0) is 0 Å².